The molecular formula is C13H13N3OS. The minimum Gasteiger partial charge on any atom is -0.279 e. The van der Waals surface area contributed by atoms with E-state index in [0.29, 0.717) is 17.2 Å². The van der Waals surface area contributed by atoms with Gasteiger partial charge < -0.3 is 0 Å². The van der Waals surface area contributed by atoms with Crippen molar-refractivity contribution in [2.75, 3.05) is 11.4 Å². The molecule has 1 heterocycles. The lowest BCUT2D eigenvalue weighted by Gasteiger charge is -2.17. The zero-order chi connectivity index (χ0) is 13.0. The number of rotatable bonds is 4. The van der Waals surface area contributed by atoms with Gasteiger partial charge in [-0.1, -0.05) is 35.6 Å². The lowest BCUT2D eigenvalue weighted by molar-refractivity contribution is 0.0989. The van der Waals surface area contributed by atoms with Gasteiger partial charge in [0.15, 0.2) is 0 Å². The SMILES string of the molecule is C=CCN(C(=O)c1ccccc1)c1nnc(C)s1. The summed E-state index contributed by atoms with van der Waals surface area (Å²) >= 11 is 1.39. The maximum absolute atomic E-state index is 12.4. The van der Waals surface area contributed by atoms with E-state index < -0.39 is 0 Å². The predicted octanol–water partition coefficient (Wildman–Crippen LogP) is 2.68. The molecule has 0 N–H and O–H groups in total. The molecule has 0 saturated carbocycles. The van der Waals surface area contributed by atoms with Crippen LogP contribution in [0.2, 0.25) is 0 Å². The largest absolute Gasteiger partial charge is 0.279 e. The van der Waals surface area contributed by atoms with Crippen molar-refractivity contribution in [2.45, 2.75) is 6.92 Å². The first-order valence-electron chi connectivity index (χ1n) is 5.50. The molecule has 0 spiro atoms. The predicted molar refractivity (Wildman–Crippen MR) is 73.0 cm³/mol. The van der Waals surface area contributed by atoms with Gasteiger partial charge in [-0.2, -0.15) is 0 Å². The molecule has 0 aliphatic rings. The highest BCUT2D eigenvalue weighted by Gasteiger charge is 2.19. The Morgan fingerprint density at radius 3 is 2.67 bits per heavy atom. The van der Waals surface area contributed by atoms with Crippen LogP contribution in [-0.2, 0) is 0 Å². The molecule has 0 radical (unpaired) electrons. The van der Waals surface area contributed by atoms with Crippen LogP contribution in [0.3, 0.4) is 0 Å². The average Bonchev–Trinajstić information content (AvgIpc) is 2.82. The Bertz CT molecular complexity index is 550. The van der Waals surface area contributed by atoms with Crippen LogP contribution in [0.4, 0.5) is 5.13 Å². The third-order valence-electron chi connectivity index (χ3n) is 2.32. The van der Waals surface area contributed by atoms with Gasteiger partial charge in [0.2, 0.25) is 5.13 Å². The number of aryl methyl sites for hydroxylation is 1. The number of amides is 1. The molecule has 2 aromatic rings. The molecule has 92 valence electrons. The van der Waals surface area contributed by atoms with Gasteiger partial charge in [0.05, 0.1) is 0 Å². The van der Waals surface area contributed by atoms with E-state index in [1.54, 1.807) is 23.1 Å². The Balaban J connectivity index is 2.31. The van der Waals surface area contributed by atoms with E-state index in [1.807, 2.05) is 25.1 Å². The zero-order valence-corrected chi connectivity index (χ0v) is 10.9. The monoisotopic (exact) mass is 259 g/mol. The summed E-state index contributed by atoms with van der Waals surface area (Å²) in [5, 5.41) is 9.37. The first-order valence-corrected chi connectivity index (χ1v) is 6.32. The number of aromatic nitrogens is 2. The van der Waals surface area contributed by atoms with E-state index in [1.165, 1.54) is 11.3 Å². The number of nitrogens with zero attached hydrogens (tertiary/aromatic N) is 3. The highest BCUT2D eigenvalue weighted by molar-refractivity contribution is 7.15. The Morgan fingerprint density at radius 2 is 2.11 bits per heavy atom. The van der Waals surface area contributed by atoms with E-state index in [2.05, 4.69) is 16.8 Å². The van der Waals surface area contributed by atoms with Gasteiger partial charge in [0.1, 0.15) is 5.01 Å². The Morgan fingerprint density at radius 1 is 1.39 bits per heavy atom. The highest BCUT2D eigenvalue weighted by atomic mass is 32.1. The maximum Gasteiger partial charge on any atom is 0.260 e. The van der Waals surface area contributed by atoms with Gasteiger partial charge in [-0.3, -0.25) is 9.69 Å². The molecule has 0 aliphatic carbocycles. The van der Waals surface area contributed by atoms with Crippen molar-refractivity contribution in [3.05, 3.63) is 53.6 Å². The molecule has 0 saturated heterocycles. The van der Waals surface area contributed by atoms with Crippen LogP contribution >= 0.6 is 11.3 Å². The fourth-order valence-electron chi connectivity index (χ4n) is 1.51. The summed E-state index contributed by atoms with van der Waals surface area (Å²) in [6, 6.07) is 9.12. The first-order chi connectivity index (χ1) is 8.72. The van der Waals surface area contributed by atoms with Gasteiger partial charge in [-0.05, 0) is 19.1 Å². The molecule has 4 nitrogen and oxygen atoms in total. The topological polar surface area (TPSA) is 46.1 Å². The quantitative estimate of drug-likeness (QED) is 0.793. The molecule has 0 atom stereocenters. The number of hydrogen-bond donors (Lipinski definition) is 0. The van der Waals surface area contributed by atoms with Crippen LogP contribution in [-0.4, -0.2) is 22.6 Å². The third kappa shape index (κ3) is 2.62. The van der Waals surface area contributed by atoms with Gasteiger partial charge in [0, 0.05) is 12.1 Å². The van der Waals surface area contributed by atoms with E-state index in [-0.39, 0.29) is 5.91 Å². The zero-order valence-electron chi connectivity index (χ0n) is 10.0. The molecule has 0 aliphatic heterocycles. The number of carbonyl (C=O) groups excluding carboxylic acids is 1. The van der Waals surface area contributed by atoms with Crippen LogP contribution in [0.5, 0.6) is 0 Å². The van der Waals surface area contributed by atoms with Crippen LogP contribution in [0, 0.1) is 6.92 Å². The van der Waals surface area contributed by atoms with Crippen molar-refractivity contribution in [2.24, 2.45) is 0 Å². The molecule has 2 rings (SSSR count). The van der Waals surface area contributed by atoms with E-state index in [9.17, 15) is 4.79 Å². The van der Waals surface area contributed by atoms with E-state index in [0.717, 1.165) is 5.01 Å². The van der Waals surface area contributed by atoms with Crippen LogP contribution in [0.25, 0.3) is 0 Å². The van der Waals surface area contributed by atoms with Crippen LogP contribution in [0.1, 0.15) is 15.4 Å². The van der Waals surface area contributed by atoms with Gasteiger partial charge in [-0.25, -0.2) is 0 Å². The third-order valence-corrected chi connectivity index (χ3v) is 3.19. The van der Waals surface area contributed by atoms with Crippen molar-refractivity contribution >= 4 is 22.4 Å². The molecule has 18 heavy (non-hydrogen) atoms. The van der Waals surface area contributed by atoms with Crippen molar-refractivity contribution in [3.63, 3.8) is 0 Å². The van der Waals surface area contributed by atoms with Gasteiger partial charge in [-0.15, -0.1) is 16.8 Å². The molecule has 1 aromatic carbocycles. The molecule has 0 bridgehead atoms. The molecule has 1 amide bonds. The average molecular weight is 259 g/mol. The van der Waals surface area contributed by atoms with E-state index >= 15 is 0 Å². The summed E-state index contributed by atoms with van der Waals surface area (Å²) in [5.41, 5.74) is 0.632. The Hall–Kier alpha value is -2.01. The smallest absolute Gasteiger partial charge is 0.260 e. The minimum atomic E-state index is -0.0911. The summed E-state index contributed by atoms with van der Waals surface area (Å²) in [6.45, 7) is 5.95. The summed E-state index contributed by atoms with van der Waals surface area (Å²) in [6.07, 6.45) is 1.68. The number of hydrogen-bond acceptors (Lipinski definition) is 4. The van der Waals surface area contributed by atoms with Crippen molar-refractivity contribution < 1.29 is 4.79 Å². The van der Waals surface area contributed by atoms with Crippen molar-refractivity contribution in [1.82, 2.24) is 10.2 Å². The second-order valence-electron chi connectivity index (χ2n) is 3.67. The fraction of sp³-hybridized carbons (Fsp3) is 0.154. The lowest BCUT2D eigenvalue weighted by Crippen LogP contribution is -2.30. The van der Waals surface area contributed by atoms with Gasteiger partial charge >= 0.3 is 0 Å². The summed E-state index contributed by atoms with van der Waals surface area (Å²) in [5.74, 6) is -0.0911. The Kier molecular flexibility index (Phi) is 3.84. The summed E-state index contributed by atoms with van der Waals surface area (Å²) in [4.78, 5) is 13.9. The van der Waals surface area contributed by atoms with Crippen molar-refractivity contribution in [1.29, 1.82) is 0 Å². The van der Waals surface area contributed by atoms with Crippen LogP contribution in [0.15, 0.2) is 43.0 Å². The Labute approximate surface area is 110 Å². The number of benzene rings is 1. The molecule has 1 aromatic heterocycles. The molecule has 0 unspecified atom stereocenters. The maximum atomic E-state index is 12.4. The fourth-order valence-corrected chi connectivity index (χ4v) is 2.20. The normalized spacial score (nSPS) is 10.1. The van der Waals surface area contributed by atoms with E-state index in [4.69, 9.17) is 0 Å². The van der Waals surface area contributed by atoms with Crippen LogP contribution < -0.4 is 4.90 Å². The molecular weight excluding hydrogens is 246 g/mol. The van der Waals surface area contributed by atoms with Crippen molar-refractivity contribution in [3.8, 4) is 0 Å². The summed E-state index contributed by atoms with van der Waals surface area (Å²) in [7, 11) is 0. The number of carbonyl (C=O) groups is 1. The summed E-state index contributed by atoms with van der Waals surface area (Å²) < 4.78 is 0. The lowest BCUT2D eigenvalue weighted by atomic mass is 10.2. The second-order valence-corrected chi connectivity index (χ2v) is 4.83. The highest BCUT2D eigenvalue weighted by Crippen LogP contribution is 2.21. The second kappa shape index (κ2) is 5.55. The number of anilines is 1. The van der Waals surface area contributed by atoms with Gasteiger partial charge in [0.25, 0.3) is 5.91 Å². The standard InChI is InChI=1S/C13H13N3OS/c1-3-9-16(13-15-14-10(2)18-13)12(17)11-7-5-4-6-8-11/h3-8H,1,9H2,2H3. The minimum absolute atomic E-state index is 0.0911. The molecule has 0 fully saturated rings. The first kappa shape index (κ1) is 12.4. The molecule has 5 heteroatoms.